The molecule has 0 atom stereocenters. The third-order valence-electron chi connectivity index (χ3n) is 3.01. The first kappa shape index (κ1) is 15.5. The summed E-state index contributed by atoms with van der Waals surface area (Å²) >= 11 is 5.87. The predicted octanol–water partition coefficient (Wildman–Crippen LogP) is 3.07. The molecular weight excluding hydrogens is 292 g/mol. The second kappa shape index (κ2) is 7.24. The highest BCUT2D eigenvalue weighted by atomic mass is 35.5. The van der Waals surface area contributed by atoms with Crippen LogP contribution in [0.25, 0.3) is 11.3 Å². The normalized spacial score (nSPS) is 10.6. The van der Waals surface area contributed by atoms with E-state index in [2.05, 4.69) is 10.5 Å². The van der Waals surface area contributed by atoms with Gasteiger partial charge in [-0.1, -0.05) is 16.8 Å². The number of hydrogen-bond donors (Lipinski definition) is 1. The Bertz CT molecular complexity index is 608. The number of aromatic nitrogens is 1. The van der Waals surface area contributed by atoms with Crippen LogP contribution in [0.3, 0.4) is 0 Å². The number of nitrogens with one attached hydrogen (secondary N) is 1. The average molecular weight is 309 g/mol. The Hall–Kier alpha value is -1.85. The van der Waals surface area contributed by atoms with E-state index < -0.39 is 0 Å². The zero-order chi connectivity index (χ0) is 15.2. The molecule has 1 aromatic heterocycles. The van der Waals surface area contributed by atoms with Crippen molar-refractivity contribution in [2.45, 2.75) is 13.3 Å². The van der Waals surface area contributed by atoms with Gasteiger partial charge < -0.3 is 14.6 Å². The van der Waals surface area contributed by atoms with E-state index >= 15 is 0 Å². The van der Waals surface area contributed by atoms with Crippen molar-refractivity contribution in [3.8, 4) is 11.3 Å². The molecule has 0 bridgehead atoms. The number of carbonyl (C=O) groups excluding carboxylic acids is 1. The zero-order valence-corrected chi connectivity index (χ0v) is 12.7. The highest BCUT2D eigenvalue weighted by molar-refractivity contribution is 6.30. The summed E-state index contributed by atoms with van der Waals surface area (Å²) in [6.07, 6.45) is 0.753. The summed E-state index contributed by atoms with van der Waals surface area (Å²) in [4.78, 5) is 12.3. The first-order valence-corrected chi connectivity index (χ1v) is 7.00. The molecule has 5 nitrogen and oxygen atoms in total. The minimum Gasteiger partial charge on any atom is -0.385 e. The number of hydrogen-bond acceptors (Lipinski definition) is 4. The molecule has 0 aliphatic heterocycles. The van der Waals surface area contributed by atoms with Gasteiger partial charge in [-0.05, 0) is 37.6 Å². The Balaban J connectivity index is 2.18. The van der Waals surface area contributed by atoms with Crippen LogP contribution in [-0.4, -0.2) is 31.3 Å². The van der Waals surface area contributed by atoms with Crippen LogP contribution >= 0.6 is 11.6 Å². The van der Waals surface area contributed by atoms with Crippen LogP contribution in [0.1, 0.15) is 22.5 Å². The molecule has 1 N–H and O–H groups in total. The van der Waals surface area contributed by atoms with Crippen LogP contribution in [0.5, 0.6) is 0 Å². The molecule has 1 amide bonds. The van der Waals surface area contributed by atoms with Crippen molar-refractivity contribution in [1.29, 1.82) is 0 Å². The lowest BCUT2D eigenvalue weighted by Gasteiger charge is -2.05. The minimum atomic E-state index is -0.199. The Morgan fingerprint density at radius 1 is 1.38 bits per heavy atom. The summed E-state index contributed by atoms with van der Waals surface area (Å²) in [5, 5.41) is 7.35. The van der Waals surface area contributed by atoms with Gasteiger partial charge in [0.15, 0.2) is 5.76 Å². The van der Waals surface area contributed by atoms with E-state index in [0.717, 1.165) is 12.0 Å². The number of amides is 1. The van der Waals surface area contributed by atoms with E-state index in [1.54, 1.807) is 38.3 Å². The fourth-order valence-corrected chi connectivity index (χ4v) is 2.07. The van der Waals surface area contributed by atoms with Crippen LogP contribution < -0.4 is 5.32 Å². The number of halogens is 1. The number of benzene rings is 1. The van der Waals surface area contributed by atoms with Crippen LogP contribution in [0, 0.1) is 6.92 Å². The summed E-state index contributed by atoms with van der Waals surface area (Å²) in [7, 11) is 1.63. The quantitative estimate of drug-likeness (QED) is 0.833. The Kier molecular flexibility index (Phi) is 5.36. The van der Waals surface area contributed by atoms with E-state index in [4.69, 9.17) is 20.9 Å². The first-order valence-electron chi connectivity index (χ1n) is 6.63. The van der Waals surface area contributed by atoms with Crippen LogP contribution in [0.4, 0.5) is 0 Å². The molecule has 0 saturated carbocycles. The van der Waals surface area contributed by atoms with E-state index in [1.807, 2.05) is 0 Å². The Morgan fingerprint density at radius 3 is 2.76 bits per heavy atom. The maximum Gasteiger partial charge on any atom is 0.257 e. The third-order valence-corrected chi connectivity index (χ3v) is 3.26. The average Bonchev–Trinajstić information content (AvgIpc) is 2.86. The lowest BCUT2D eigenvalue weighted by molar-refractivity contribution is 0.0948. The van der Waals surface area contributed by atoms with Gasteiger partial charge in [-0.2, -0.15) is 0 Å². The summed E-state index contributed by atoms with van der Waals surface area (Å²) in [5.74, 6) is 0.253. The molecule has 6 heteroatoms. The molecule has 2 aromatic rings. The third kappa shape index (κ3) is 3.83. The van der Waals surface area contributed by atoms with E-state index in [-0.39, 0.29) is 5.91 Å². The van der Waals surface area contributed by atoms with Gasteiger partial charge >= 0.3 is 0 Å². The van der Waals surface area contributed by atoms with Gasteiger partial charge in [0.05, 0.1) is 5.69 Å². The van der Waals surface area contributed by atoms with E-state index in [0.29, 0.717) is 35.2 Å². The van der Waals surface area contributed by atoms with Crippen molar-refractivity contribution in [3.63, 3.8) is 0 Å². The summed E-state index contributed by atoms with van der Waals surface area (Å²) in [6, 6.07) is 7.08. The van der Waals surface area contributed by atoms with Crippen molar-refractivity contribution in [2.75, 3.05) is 20.3 Å². The van der Waals surface area contributed by atoms with Crippen LogP contribution in [0.2, 0.25) is 5.02 Å². The number of carbonyl (C=O) groups is 1. The van der Waals surface area contributed by atoms with Crippen molar-refractivity contribution < 1.29 is 14.1 Å². The van der Waals surface area contributed by atoms with Crippen LogP contribution in [-0.2, 0) is 4.74 Å². The summed E-state index contributed by atoms with van der Waals surface area (Å²) in [5.41, 5.74) is 1.78. The van der Waals surface area contributed by atoms with Gasteiger partial charge in [0, 0.05) is 30.8 Å². The SMILES string of the molecule is COCCCNC(=O)c1c(C)noc1-c1ccc(Cl)cc1. The molecule has 0 fully saturated rings. The van der Waals surface area contributed by atoms with Crippen molar-refractivity contribution in [1.82, 2.24) is 10.5 Å². The zero-order valence-electron chi connectivity index (χ0n) is 12.0. The first-order chi connectivity index (χ1) is 10.1. The fraction of sp³-hybridized carbons (Fsp3) is 0.333. The second-order valence-electron chi connectivity index (χ2n) is 4.58. The minimum absolute atomic E-state index is 0.199. The van der Waals surface area contributed by atoms with Gasteiger partial charge in [0.25, 0.3) is 5.91 Å². The molecule has 0 unspecified atom stereocenters. The number of aryl methyl sites for hydroxylation is 1. The molecule has 0 saturated heterocycles. The van der Waals surface area contributed by atoms with Crippen molar-refractivity contribution in [2.24, 2.45) is 0 Å². The number of methoxy groups -OCH3 is 1. The van der Waals surface area contributed by atoms with Gasteiger partial charge in [0.2, 0.25) is 0 Å². The van der Waals surface area contributed by atoms with E-state index in [1.165, 1.54) is 0 Å². The van der Waals surface area contributed by atoms with Crippen molar-refractivity contribution >= 4 is 17.5 Å². The largest absolute Gasteiger partial charge is 0.385 e. The molecule has 2 rings (SSSR count). The fourth-order valence-electron chi connectivity index (χ4n) is 1.94. The molecule has 0 radical (unpaired) electrons. The highest BCUT2D eigenvalue weighted by Gasteiger charge is 2.21. The Labute approximate surface area is 128 Å². The standard InChI is InChI=1S/C15H17ClN2O3/c1-10-13(15(19)17-8-3-9-20-2)14(21-18-10)11-4-6-12(16)7-5-11/h4-7H,3,8-9H2,1-2H3,(H,17,19). The maximum atomic E-state index is 12.3. The summed E-state index contributed by atoms with van der Waals surface area (Å²) < 4.78 is 10.2. The molecular formula is C15H17ClN2O3. The lowest BCUT2D eigenvalue weighted by Crippen LogP contribution is -2.26. The summed E-state index contributed by atoms with van der Waals surface area (Å²) in [6.45, 7) is 2.89. The van der Waals surface area contributed by atoms with Crippen LogP contribution in [0.15, 0.2) is 28.8 Å². The number of ether oxygens (including phenoxy) is 1. The molecule has 0 aliphatic rings. The molecule has 1 heterocycles. The topological polar surface area (TPSA) is 64.4 Å². The molecule has 112 valence electrons. The second-order valence-corrected chi connectivity index (χ2v) is 5.02. The lowest BCUT2D eigenvalue weighted by atomic mass is 10.1. The number of rotatable bonds is 6. The highest BCUT2D eigenvalue weighted by Crippen LogP contribution is 2.27. The Morgan fingerprint density at radius 2 is 2.10 bits per heavy atom. The number of nitrogens with zero attached hydrogens (tertiary/aromatic N) is 1. The molecule has 0 spiro atoms. The maximum absolute atomic E-state index is 12.3. The van der Waals surface area contributed by atoms with Gasteiger partial charge in [-0.15, -0.1) is 0 Å². The molecule has 21 heavy (non-hydrogen) atoms. The molecule has 0 aliphatic carbocycles. The predicted molar refractivity (Wildman–Crippen MR) is 80.5 cm³/mol. The van der Waals surface area contributed by atoms with Gasteiger partial charge in [-0.3, -0.25) is 4.79 Å². The monoisotopic (exact) mass is 308 g/mol. The van der Waals surface area contributed by atoms with Crippen molar-refractivity contribution in [3.05, 3.63) is 40.5 Å². The van der Waals surface area contributed by atoms with E-state index in [9.17, 15) is 4.79 Å². The van der Waals surface area contributed by atoms with Gasteiger partial charge in [-0.25, -0.2) is 0 Å². The van der Waals surface area contributed by atoms with Gasteiger partial charge in [0.1, 0.15) is 5.56 Å². The molecule has 1 aromatic carbocycles. The smallest absolute Gasteiger partial charge is 0.257 e.